The molecule has 2 heterocycles. The van der Waals surface area contributed by atoms with Gasteiger partial charge in [-0.3, -0.25) is 4.79 Å². The van der Waals surface area contributed by atoms with Crippen LogP contribution >= 0.6 is 0 Å². The van der Waals surface area contributed by atoms with Crippen LogP contribution in [0.3, 0.4) is 0 Å². The molecule has 26 heavy (non-hydrogen) atoms. The number of nitrogens with zero attached hydrogens (tertiary/aromatic N) is 4. The van der Waals surface area contributed by atoms with Gasteiger partial charge >= 0.3 is 6.18 Å². The van der Waals surface area contributed by atoms with Crippen LogP contribution in [0.5, 0.6) is 5.75 Å². The van der Waals surface area contributed by atoms with E-state index in [4.69, 9.17) is 4.74 Å². The monoisotopic (exact) mass is 362 g/mol. The third kappa shape index (κ3) is 2.79. The lowest BCUT2D eigenvalue weighted by Crippen LogP contribution is -2.21. The molecular formula is C17H13F3N4O2. The van der Waals surface area contributed by atoms with Gasteiger partial charge in [0.1, 0.15) is 5.75 Å². The summed E-state index contributed by atoms with van der Waals surface area (Å²) in [7, 11) is 1.57. The SMILES string of the molecule is COc1ccc([C@@H]2CC(=O)c3cn4nc(C(F)(F)F)nc4nc3C2)cc1. The first kappa shape index (κ1) is 16.5. The molecule has 0 bridgehead atoms. The fraction of sp³-hybridized carbons (Fsp3) is 0.294. The topological polar surface area (TPSA) is 69.4 Å². The summed E-state index contributed by atoms with van der Waals surface area (Å²) in [5, 5.41) is 3.37. The summed E-state index contributed by atoms with van der Waals surface area (Å²) in [6.45, 7) is 0. The minimum absolute atomic E-state index is 0.0964. The Balaban J connectivity index is 1.71. The van der Waals surface area contributed by atoms with Crippen LogP contribution in [0.4, 0.5) is 13.2 Å². The maximum atomic E-state index is 12.8. The largest absolute Gasteiger partial charge is 0.497 e. The Labute approximate surface area is 145 Å². The molecule has 0 fully saturated rings. The van der Waals surface area contributed by atoms with Gasteiger partial charge in [0.15, 0.2) is 5.78 Å². The number of Topliss-reactive ketones (excluding diaryl/α,β-unsaturated/α-hetero) is 1. The average molecular weight is 362 g/mol. The molecule has 0 saturated carbocycles. The summed E-state index contributed by atoms with van der Waals surface area (Å²) in [4.78, 5) is 20.1. The van der Waals surface area contributed by atoms with E-state index in [1.54, 1.807) is 19.2 Å². The normalized spacial score (nSPS) is 17.4. The van der Waals surface area contributed by atoms with Gasteiger partial charge in [0, 0.05) is 12.6 Å². The van der Waals surface area contributed by atoms with Crippen molar-refractivity contribution in [2.45, 2.75) is 24.9 Å². The second-order valence-corrected chi connectivity index (χ2v) is 6.08. The first-order valence-corrected chi connectivity index (χ1v) is 7.86. The summed E-state index contributed by atoms with van der Waals surface area (Å²) in [5.74, 6) is -1.00. The number of hydrogen-bond acceptors (Lipinski definition) is 5. The van der Waals surface area contributed by atoms with Crippen LogP contribution < -0.4 is 4.74 Å². The number of carbonyl (C=O) groups excluding carboxylic acids is 1. The molecule has 3 aromatic rings. The number of carbonyl (C=O) groups is 1. The molecule has 134 valence electrons. The molecule has 2 aromatic heterocycles. The molecule has 0 amide bonds. The Morgan fingerprint density at radius 1 is 1.15 bits per heavy atom. The quantitative estimate of drug-likeness (QED) is 0.701. The van der Waals surface area contributed by atoms with Crippen molar-refractivity contribution in [3.8, 4) is 5.75 Å². The third-order valence-corrected chi connectivity index (χ3v) is 4.42. The predicted octanol–water partition coefficient (Wildman–Crippen LogP) is 3.06. The zero-order chi connectivity index (χ0) is 18.5. The van der Waals surface area contributed by atoms with Crippen molar-refractivity contribution in [2.24, 2.45) is 0 Å². The van der Waals surface area contributed by atoms with E-state index in [1.165, 1.54) is 6.20 Å². The van der Waals surface area contributed by atoms with Crippen LogP contribution in [0.1, 0.15) is 39.8 Å². The van der Waals surface area contributed by atoms with Crippen molar-refractivity contribution in [3.05, 3.63) is 53.1 Å². The van der Waals surface area contributed by atoms with E-state index >= 15 is 0 Å². The van der Waals surface area contributed by atoms with Gasteiger partial charge < -0.3 is 4.74 Å². The number of benzene rings is 1. The fourth-order valence-electron chi connectivity index (χ4n) is 3.12. The Morgan fingerprint density at radius 3 is 2.54 bits per heavy atom. The molecule has 1 aromatic carbocycles. The van der Waals surface area contributed by atoms with Crippen molar-refractivity contribution in [1.29, 1.82) is 0 Å². The minimum Gasteiger partial charge on any atom is -0.497 e. The second kappa shape index (κ2) is 5.79. The van der Waals surface area contributed by atoms with Crippen molar-refractivity contribution in [3.63, 3.8) is 0 Å². The predicted molar refractivity (Wildman–Crippen MR) is 84.2 cm³/mol. The van der Waals surface area contributed by atoms with Gasteiger partial charge in [-0.2, -0.15) is 18.2 Å². The summed E-state index contributed by atoms with van der Waals surface area (Å²) >= 11 is 0. The Bertz CT molecular complexity index is 996. The van der Waals surface area contributed by atoms with Gasteiger partial charge in [0.2, 0.25) is 0 Å². The second-order valence-electron chi connectivity index (χ2n) is 6.08. The van der Waals surface area contributed by atoms with Crippen molar-refractivity contribution in [2.75, 3.05) is 7.11 Å². The summed E-state index contributed by atoms with van der Waals surface area (Å²) in [6.07, 6.45) is -2.68. The highest BCUT2D eigenvalue weighted by atomic mass is 19.4. The maximum Gasteiger partial charge on any atom is 0.453 e. The van der Waals surface area contributed by atoms with Gasteiger partial charge in [0.25, 0.3) is 11.6 Å². The number of rotatable bonds is 2. The van der Waals surface area contributed by atoms with Gasteiger partial charge in [-0.25, -0.2) is 9.50 Å². The fourth-order valence-corrected chi connectivity index (χ4v) is 3.12. The van der Waals surface area contributed by atoms with E-state index < -0.39 is 12.0 Å². The standard InChI is InChI=1S/C17H13F3N4O2/c1-26-11-4-2-9(3-5-11)10-6-13-12(14(25)7-10)8-24-16(21-13)22-15(23-24)17(18,19)20/h2-5,8,10H,6-7H2,1H3/t10-/m0/s1. The van der Waals surface area contributed by atoms with Gasteiger partial charge in [-0.1, -0.05) is 12.1 Å². The molecule has 1 aliphatic rings. The highest BCUT2D eigenvalue weighted by molar-refractivity contribution is 5.98. The summed E-state index contributed by atoms with van der Waals surface area (Å²) in [5.41, 5.74) is 1.68. The molecule has 9 heteroatoms. The lowest BCUT2D eigenvalue weighted by Gasteiger charge is -2.23. The molecular weight excluding hydrogens is 349 g/mol. The zero-order valence-electron chi connectivity index (χ0n) is 13.6. The van der Waals surface area contributed by atoms with Crippen LogP contribution in [-0.4, -0.2) is 32.5 Å². The zero-order valence-corrected chi connectivity index (χ0v) is 13.6. The number of ether oxygens (including phenoxy) is 1. The lowest BCUT2D eigenvalue weighted by molar-refractivity contribution is -0.144. The number of halogens is 3. The molecule has 4 rings (SSSR count). The molecule has 0 saturated heterocycles. The highest BCUT2D eigenvalue weighted by Gasteiger charge is 2.37. The van der Waals surface area contributed by atoms with Gasteiger partial charge in [-0.05, 0) is 30.0 Å². The molecule has 0 radical (unpaired) electrons. The van der Waals surface area contributed by atoms with E-state index in [0.717, 1.165) is 10.1 Å². The van der Waals surface area contributed by atoms with Crippen molar-refractivity contribution < 1.29 is 22.7 Å². The Hall–Kier alpha value is -2.97. The number of ketones is 1. The average Bonchev–Trinajstić information content (AvgIpc) is 3.03. The van der Waals surface area contributed by atoms with Crippen LogP contribution in [0.15, 0.2) is 30.5 Å². The number of hydrogen-bond donors (Lipinski definition) is 0. The Kier molecular flexibility index (Phi) is 3.67. The Morgan fingerprint density at radius 2 is 1.88 bits per heavy atom. The molecule has 1 atom stereocenters. The first-order chi connectivity index (χ1) is 12.3. The van der Waals surface area contributed by atoms with E-state index in [-0.39, 0.29) is 23.9 Å². The number of methoxy groups -OCH3 is 1. The van der Waals surface area contributed by atoms with E-state index in [2.05, 4.69) is 15.1 Å². The highest BCUT2D eigenvalue weighted by Crippen LogP contribution is 2.33. The van der Waals surface area contributed by atoms with Crippen LogP contribution in [0, 0.1) is 0 Å². The third-order valence-electron chi connectivity index (χ3n) is 4.42. The van der Waals surface area contributed by atoms with E-state index in [9.17, 15) is 18.0 Å². The minimum atomic E-state index is -4.66. The van der Waals surface area contributed by atoms with E-state index in [0.29, 0.717) is 23.4 Å². The molecule has 6 nitrogen and oxygen atoms in total. The van der Waals surface area contributed by atoms with Crippen LogP contribution in [0.2, 0.25) is 0 Å². The summed E-state index contributed by atoms with van der Waals surface area (Å²) < 4.78 is 44.4. The van der Waals surface area contributed by atoms with Gasteiger partial charge in [0.05, 0.1) is 18.4 Å². The number of alkyl halides is 3. The number of fused-ring (bicyclic) bond motifs is 2. The van der Waals surface area contributed by atoms with Crippen molar-refractivity contribution >= 4 is 11.6 Å². The molecule has 0 spiro atoms. The molecule has 0 N–H and O–H groups in total. The van der Waals surface area contributed by atoms with E-state index in [1.807, 2.05) is 12.1 Å². The number of aromatic nitrogens is 4. The smallest absolute Gasteiger partial charge is 0.453 e. The molecule has 0 aliphatic heterocycles. The first-order valence-electron chi connectivity index (χ1n) is 7.86. The van der Waals surface area contributed by atoms with Crippen LogP contribution in [0.25, 0.3) is 5.78 Å². The lowest BCUT2D eigenvalue weighted by atomic mass is 9.82. The van der Waals surface area contributed by atoms with Crippen molar-refractivity contribution in [1.82, 2.24) is 19.6 Å². The van der Waals surface area contributed by atoms with Gasteiger partial charge in [-0.15, -0.1) is 5.10 Å². The molecule has 1 aliphatic carbocycles. The molecule has 0 unspecified atom stereocenters. The summed E-state index contributed by atoms with van der Waals surface area (Å²) in [6, 6.07) is 7.36. The van der Waals surface area contributed by atoms with Crippen LogP contribution in [-0.2, 0) is 12.6 Å². The maximum absolute atomic E-state index is 12.8.